The monoisotopic (exact) mass is 270 g/mol. The van der Waals surface area contributed by atoms with Gasteiger partial charge in [0.15, 0.2) is 0 Å². The van der Waals surface area contributed by atoms with Crippen molar-refractivity contribution in [2.75, 3.05) is 13.7 Å². The Balaban J connectivity index is 2.09. The lowest BCUT2D eigenvalue weighted by molar-refractivity contribution is -0.146. The van der Waals surface area contributed by atoms with Crippen molar-refractivity contribution in [1.29, 1.82) is 0 Å². The summed E-state index contributed by atoms with van der Waals surface area (Å²) in [5.74, 6) is -0.325. The number of esters is 1. The fourth-order valence-electron chi connectivity index (χ4n) is 2.18. The van der Waals surface area contributed by atoms with Gasteiger partial charge in [-0.3, -0.25) is 9.69 Å². The topological polar surface area (TPSA) is 62.7 Å². The minimum atomic E-state index is -0.506. The molecule has 98 valence electrons. The van der Waals surface area contributed by atoms with E-state index in [-0.39, 0.29) is 5.97 Å². The lowest BCUT2D eigenvalue weighted by Gasteiger charge is -2.21. The summed E-state index contributed by atoms with van der Waals surface area (Å²) in [6, 6.07) is 4.93. The number of hydrogen-bond donors (Lipinski definition) is 1. The molecule has 2 heterocycles. The highest BCUT2D eigenvalue weighted by atomic mass is 35.5. The molecule has 2 unspecified atom stereocenters. The van der Waals surface area contributed by atoms with Gasteiger partial charge in [0, 0.05) is 19.5 Å². The number of aliphatic hydroxyl groups is 1. The number of aliphatic hydroxyl groups excluding tert-OH is 1. The first-order chi connectivity index (χ1) is 8.60. The Morgan fingerprint density at radius 3 is 3.11 bits per heavy atom. The molecule has 5 nitrogen and oxygen atoms in total. The first kappa shape index (κ1) is 13.3. The lowest BCUT2D eigenvalue weighted by atomic mass is 10.2. The van der Waals surface area contributed by atoms with Crippen LogP contribution in [0.15, 0.2) is 18.2 Å². The van der Waals surface area contributed by atoms with Crippen molar-refractivity contribution in [2.45, 2.75) is 25.1 Å². The number of likely N-dealkylation sites (tertiary alicyclic amines) is 1. The molecule has 2 atom stereocenters. The first-order valence-corrected chi connectivity index (χ1v) is 6.09. The fourth-order valence-corrected chi connectivity index (χ4v) is 2.36. The molecule has 0 spiro atoms. The minimum absolute atomic E-state index is 0.325. The van der Waals surface area contributed by atoms with Crippen LogP contribution >= 0.6 is 11.6 Å². The molecule has 0 aromatic carbocycles. The summed E-state index contributed by atoms with van der Waals surface area (Å²) in [5, 5.41) is 10.1. The van der Waals surface area contributed by atoms with Crippen molar-refractivity contribution >= 4 is 17.6 Å². The van der Waals surface area contributed by atoms with Crippen LogP contribution < -0.4 is 0 Å². The summed E-state index contributed by atoms with van der Waals surface area (Å²) in [5.41, 5.74) is 0.769. The van der Waals surface area contributed by atoms with E-state index >= 15 is 0 Å². The Bertz CT molecular complexity index is 441. The van der Waals surface area contributed by atoms with Crippen molar-refractivity contribution < 1.29 is 14.6 Å². The number of methoxy groups -OCH3 is 1. The van der Waals surface area contributed by atoms with E-state index < -0.39 is 12.1 Å². The van der Waals surface area contributed by atoms with Gasteiger partial charge in [0.05, 0.1) is 18.9 Å². The zero-order valence-corrected chi connectivity index (χ0v) is 10.8. The van der Waals surface area contributed by atoms with Gasteiger partial charge in [-0.2, -0.15) is 0 Å². The number of aromatic nitrogens is 1. The second-order valence-corrected chi connectivity index (χ2v) is 4.70. The largest absolute Gasteiger partial charge is 0.468 e. The summed E-state index contributed by atoms with van der Waals surface area (Å²) in [7, 11) is 1.35. The molecule has 0 amide bonds. The molecule has 0 saturated carbocycles. The van der Waals surface area contributed by atoms with Gasteiger partial charge >= 0.3 is 5.97 Å². The van der Waals surface area contributed by atoms with Crippen molar-refractivity contribution in [3.63, 3.8) is 0 Å². The van der Waals surface area contributed by atoms with Crippen LogP contribution in [0.4, 0.5) is 0 Å². The molecule has 6 heteroatoms. The minimum Gasteiger partial charge on any atom is -0.468 e. The maximum Gasteiger partial charge on any atom is 0.323 e. The number of hydrogen-bond acceptors (Lipinski definition) is 5. The standard InChI is InChI=1S/C12H15ClN2O3/c1-18-12(17)10-5-9(16)7-15(10)6-8-3-2-4-11(13)14-8/h2-4,9-10,16H,5-7H2,1H3. The zero-order valence-electron chi connectivity index (χ0n) is 10.0. The third kappa shape index (κ3) is 2.98. The number of carbonyl (C=O) groups excluding carboxylic acids is 1. The van der Waals surface area contributed by atoms with Gasteiger partial charge in [-0.25, -0.2) is 4.98 Å². The average Bonchev–Trinajstić information content (AvgIpc) is 2.69. The van der Waals surface area contributed by atoms with Crippen LogP contribution in [-0.2, 0) is 16.1 Å². The van der Waals surface area contributed by atoms with Crippen LogP contribution in [-0.4, -0.2) is 46.8 Å². The van der Waals surface area contributed by atoms with Crippen LogP contribution in [0.3, 0.4) is 0 Å². The second kappa shape index (κ2) is 5.65. The molecule has 2 rings (SSSR count). The smallest absolute Gasteiger partial charge is 0.323 e. The highest BCUT2D eigenvalue weighted by molar-refractivity contribution is 6.29. The number of rotatable bonds is 3. The molecule has 1 N–H and O–H groups in total. The van der Waals surface area contributed by atoms with E-state index in [4.69, 9.17) is 16.3 Å². The molecule has 1 fully saturated rings. The summed E-state index contributed by atoms with van der Waals surface area (Å²) >= 11 is 5.81. The number of carbonyl (C=O) groups is 1. The molecular weight excluding hydrogens is 256 g/mol. The third-order valence-corrected chi connectivity index (χ3v) is 3.20. The molecular formula is C12H15ClN2O3. The molecule has 1 saturated heterocycles. The van der Waals surface area contributed by atoms with E-state index in [1.54, 1.807) is 6.07 Å². The second-order valence-electron chi connectivity index (χ2n) is 4.31. The van der Waals surface area contributed by atoms with E-state index in [2.05, 4.69) is 4.98 Å². The Hall–Kier alpha value is -1.17. The van der Waals surface area contributed by atoms with Gasteiger partial charge in [-0.15, -0.1) is 0 Å². The van der Waals surface area contributed by atoms with E-state index in [1.165, 1.54) is 7.11 Å². The van der Waals surface area contributed by atoms with Gasteiger partial charge in [0.25, 0.3) is 0 Å². The quantitative estimate of drug-likeness (QED) is 0.652. The van der Waals surface area contributed by atoms with Crippen LogP contribution in [0.1, 0.15) is 12.1 Å². The number of ether oxygens (including phenoxy) is 1. The summed E-state index contributed by atoms with van der Waals surface area (Å²) in [4.78, 5) is 17.6. The van der Waals surface area contributed by atoms with Crippen LogP contribution in [0.2, 0.25) is 5.15 Å². The Morgan fingerprint density at radius 1 is 1.67 bits per heavy atom. The molecule has 1 aliphatic heterocycles. The van der Waals surface area contributed by atoms with Gasteiger partial charge in [-0.05, 0) is 12.1 Å². The number of halogens is 1. The molecule has 0 radical (unpaired) electrons. The maximum atomic E-state index is 11.6. The van der Waals surface area contributed by atoms with Crippen molar-refractivity contribution in [3.05, 3.63) is 29.0 Å². The van der Waals surface area contributed by atoms with Gasteiger partial charge in [-0.1, -0.05) is 17.7 Å². The van der Waals surface area contributed by atoms with Crippen molar-refractivity contribution in [1.82, 2.24) is 9.88 Å². The Kier molecular flexibility index (Phi) is 4.16. The van der Waals surface area contributed by atoms with Gasteiger partial charge < -0.3 is 9.84 Å². The first-order valence-electron chi connectivity index (χ1n) is 5.71. The van der Waals surface area contributed by atoms with E-state index in [0.29, 0.717) is 24.7 Å². The molecule has 1 aliphatic rings. The van der Waals surface area contributed by atoms with Crippen molar-refractivity contribution in [2.24, 2.45) is 0 Å². The normalized spacial score (nSPS) is 24.2. The predicted octanol–water partition coefficient (Wildman–Crippen LogP) is 0.843. The average molecular weight is 271 g/mol. The number of nitrogens with zero attached hydrogens (tertiary/aromatic N) is 2. The molecule has 18 heavy (non-hydrogen) atoms. The van der Waals surface area contributed by atoms with E-state index in [1.807, 2.05) is 17.0 Å². The van der Waals surface area contributed by atoms with E-state index in [9.17, 15) is 9.90 Å². The Labute approximate surface area is 110 Å². The fraction of sp³-hybridized carbons (Fsp3) is 0.500. The summed E-state index contributed by atoms with van der Waals surface area (Å²) in [6.45, 7) is 0.908. The van der Waals surface area contributed by atoms with Crippen LogP contribution in [0.25, 0.3) is 0 Å². The number of pyridine rings is 1. The van der Waals surface area contributed by atoms with Gasteiger partial charge in [0.2, 0.25) is 0 Å². The van der Waals surface area contributed by atoms with Crippen LogP contribution in [0, 0.1) is 0 Å². The number of β-amino-alcohol motifs (C(OH)–C–C–N with tert-alkyl or cyclic N) is 1. The molecule has 1 aromatic heterocycles. The predicted molar refractivity (Wildman–Crippen MR) is 66.1 cm³/mol. The third-order valence-electron chi connectivity index (χ3n) is 2.99. The molecule has 0 aliphatic carbocycles. The zero-order chi connectivity index (χ0) is 13.1. The Morgan fingerprint density at radius 2 is 2.44 bits per heavy atom. The molecule has 1 aromatic rings. The van der Waals surface area contributed by atoms with Crippen molar-refractivity contribution in [3.8, 4) is 0 Å². The molecule has 0 bridgehead atoms. The van der Waals surface area contributed by atoms with E-state index in [0.717, 1.165) is 5.69 Å². The SMILES string of the molecule is COC(=O)C1CC(O)CN1Cc1cccc(Cl)n1. The highest BCUT2D eigenvalue weighted by Gasteiger charge is 2.36. The lowest BCUT2D eigenvalue weighted by Crippen LogP contribution is -2.36. The maximum absolute atomic E-state index is 11.6. The summed E-state index contributed by atoms with van der Waals surface area (Å²) < 4.78 is 4.74. The highest BCUT2D eigenvalue weighted by Crippen LogP contribution is 2.21. The van der Waals surface area contributed by atoms with Crippen LogP contribution in [0.5, 0.6) is 0 Å². The summed E-state index contributed by atoms with van der Waals surface area (Å²) in [6.07, 6.45) is -0.110. The van der Waals surface area contributed by atoms with Gasteiger partial charge in [0.1, 0.15) is 11.2 Å².